The summed E-state index contributed by atoms with van der Waals surface area (Å²) in [6, 6.07) is 2.21. The first kappa shape index (κ1) is 16.5. The van der Waals surface area contributed by atoms with Crippen molar-refractivity contribution in [2.75, 3.05) is 23.8 Å². The molecule has 2 N–H and O–H groups in total. The first-order valence-electron chi connectivity index (χ1n) is 6.32. The standard InChI is InChI=1S/C12H17ClN2O4S2/c1-8-5-10(13)11(14)6-12(8)21(18,19)15-3-4-20(16,17)7-9(15)2/h5-6,9H,3-4,7,14H2,1-2H3. The number of hydrogen-bond donors (Lipinski definition) is 1. The largest absolute Gasteiger partial charge is 0.397 e. The Hall–Kier alpha value is -0.830. The van der Waals surface area contributed by atoms with E-state index in [-0.39, 0.29) is 28.6 Å². The zero-order valence-corrected chi connectivity index (χ0v) is 14.1. The highest BCUT2D eigenvalue weighted by molar-refractivity contribution is 7.92. The zero-order valence-electron chi connectivity index (χ0n) is 11.7. The Bertz CT molecular complexity index is 775. The van der Waals surface area contributed by atoms with Crippen LogP contribution in [0.1, 0.15) is 12.5 Å². The molecule has 1 heterocycles. The molecule has 0 amide bonds. The van der Waals surface area contributed by atoms with Gasteiger partial charge in [-0.05, 0) is 31.5 Å². The lowest BCUT2D eigenvalue weighted by Gasteiger charge is -2.32. The van der Waals surface area contributed by atoms with Gasteiger partial charge in [0.15, 0.2) is 9.84 Å². The van der Waals surface area contributed by atoms with Crippen LogP contribution in [0.25, 0.3) is 0 Å². The van der Waals surface area contributed by atoms with Crippen molar-refractivity contribution >= 4 is 37.1 Å². The van der Waals surface area contributed by atoms with E-state index in [0.29, 0.717) is 10.6 Å². The normalized spacial score (nSPS) is 23.1. The molecule has 1 fully saturated rings. The molecule has 1 aliphatic rings. The van der Waals surface area contributed by atoms with E-state index in [1.807, 2.05) is 0 Å². The third-order valence-electron chi connectivity index (χ3n) is 3.49. The molecule has 1 unspecified atom stereocenters. The van der Waals surface area contributed by atoms with E-state index in [1.165, 1.54) is 16.4 Å². The van der Waals surface area contributed by atoms with E-state index in [4.69, 9.17) is 17.3 Å². The van der Waals surface area contributed by atoms with Gasteiger partial charge in [-0.15, -0.1) is 0 Å². The number of sulfonamides is 1. The highest BCUT2D eigenvalue weighted by atomic mass is 35.5. The summed E-state index contributed by atoms with van der Waals surface area (Å²) in [5, 5.41) is 0.292. The SMILES string of the molecule is Cc1cc(Cl)c(N)cc1S(=O)(=O)N1CCS(=O)(=O)CC1C. The fourth-order valence-corrected chi connectivity index (χ4v) is 6.27. The number of nitrogen functional groups attached to an aromatic ring is 1. The summed E-state index contributed by atoms with van der Waals surface area (Å²) in [6.07, 6.45) is 0. The van der Waals surface area contributed by atoms with Crippen molar-refractivity contribution in [1.82, 2.24) is 4.31 Å². The van der Waals surface area contributed by atoms with E-state index in [9.17, 15) is 16.8 Å². The fraction of sp³-hybridized carbons (Fsp3) is 0.500. The van der Waals surface area contributed by atoms with Crippen LogP contribution >= 0.6 is 11.6 Å². The monoisotopic (exact) mass is 352 g/mol. The van der Waals surface area contributed by atoms with Gasteiger partial charge in [0.2, 0.25) is 10.0 Å². The van der Waals surface area contributed by atoms with Crippen molar-refractivity contribution in [1.29, 1.82) is 0 Å². The lowest BCUT2D eigenvalue weighted by Crippen LogP contribution is -2.49. The predicted molar refractivity (Wildman–Crippen MR) is 82.6 cm³/mol. The highest BCUT2D eigenvalue weighted by Gasteiger charge is 2.37. The summed E-state index contributed by atoms with van der Waals surface area (Å²) in [6.45, 7) is 3.17. The first-order valence-corrected chi connectivity index (χ1v) is 9.96. The summed E-state index contributed by atoms with van der Waals surface area (Å²) in [5.74, 6) is -0.340. The third-order valence-corrected chi connectivity index (χ3v) is 7.77. The third kappa shape index (κ3) is 3.18. The van der Waals surface area contributed by atoms with Gasteiger partial charge in [0.1, 0.15) is 0 Å². The number of anilines is 1. The van der Waals surface area contributed by atoms with E-state index in [0.717, 1.165) is 0 Å². The van der Waals surface area contributed by atoms with Crippen LogP contribution in [0.2, 0.25) is 5.02 Å². The molecule has 1 aromatic carbocycles. The molecule has 0 bridgehead atoms. The number of hydrogen-bond acceptors (Lipinski definition) is 5. The molecular formula is C12H17ClN2O4S2. The Morgan fingerprint density at radius 3 is 2.57 bits per heavy atom. The lowest BCUT2D eigenvalue weighted by molar-refractivity contribution is 0.356. The Labute approximate surface area is 129 Å². The number of benzene rings is 1. The number of nitrogens with zero attached hydrogens (tertiary/aromatic N) is 1. The molecule has 1 saturated heterocycles. The Kier molecular flexibility index (Phi) is 4.27. The van der Waals surface area contributed by atoms with Gasteiger partial charge < -0.3 is 5.73 Å². The molecule has 0 aliphatic carbocycles. The van der Waals surface area contributed by atoms with Gasteiger partial charge in [0.25, 0.3) is 0 Å². The molecule has 0 saturated carbocycles. The zero-order chi connectivity index (χ0) is 16.0. The maximum Gasteiger partial charge on any atom is 0.243 e. The van der Waals surface area contributed by atoms with Crippen LogP contribution in [-0.4, -0.2) is 45.2 Å². The van der Waals surface area contributed by atoms with Crippen molar-refractivity contribution < 1.29 is 16.8 Å². The number of halogens is 1. The maximum absolute atomic E-state index is 12.7. The number of rotatable bonds is 2. The van der Waals surface area contributed by atoms with E-state index >= 15 is 0 Å². The molecule has 1 atom stereocenters. The van der Waals surface area contributed by atoms with Gasteiger partial charge in [-0.2, -0.15) is 4.31 Å². The summed E-state index contributed by atoms with van der Waals surface area (Å²) in [7, 11) is -6.99. The van der Waals surface area contributed by atoms with Gasteiger partial charge in [0, 0.05) is 12.6 Å². The second kappa shape index (κ2) is 5.42. The van der Waals surface area contributed by atoms with Crippen molar-refractivity contribution in [2.45, 2.75) is 24.8 Å². The second-order valence-electron chi connectivity index (χ2n) is 5.22. The second-order valence-corrected chi connectivity index (χ2v) is 9.71. The summed E-state index contributed by atoms with van der Waals surface area (Å²) >= 11 is 5.88. The van der Waals surface area contributed by atoms with Crippen LogP contribution in [0, 0.1) is 6.92 Å². The molecule has 1 aliphatic heterocycles. The first-order chi connectivity index (χ1) is 9.54. The molecule has 2 rings (SSSR count). The topological polar surface area (TPSA) is 97.5 Å². The number of sulfone groups is 1. The molecule has 21 heavy (non-hydrogen) atoms. The van der Waals surface area contributed by atoms with Crippen molar-refractivity contribution in [2.24, 2.45) is 0 Å². The molecule has 9 heteroatoms. The minimum absolute atomic E-state index is 0.0478. The Morgan fingerprint density at radius 2 is 2.00 bits per heavy atom. The quantitative estimate of drug-likeness (QED) is 0.802. The summed E-state index contributed by atoms with van der Waals surface area (Å²) in [4.78, 5) is 0.0653. The van der Waals surface area contributed by atoms with Crippen molar-refractivity contribution in [3.63, 3.8) is 0 Å². The fourth-order valence-electron chi connectivity index (χ4n) is 2.41. The van der Waals surface area contributed by atoms with Crippen LogP contribution in [0.15, 0.2) is 17.0 Å². The lowest BCUT2D eigenvalue weighted by atomic mass is 10.2. The minimum Gasteiger partial charge on any atom is -0.397 e. The summed E-state index contributed by atoms with van der Waals surface area (Å²) in [5.41, 5.74) is 6.34. The van der Waals surface area contributed by atoms with Crippen LogP contribution < -0.4 is 5.73 Å². The van der Waals surface area contributed by atoms with Gasteiger partial charge in [-0.1, -0.05) is 11.6 Å². The van der Waals surface area contributed by atoms with E-state index in [2.05, 4.69) is 0 Å². The maximum atomic E-state index is 12.7. The van der Waals surface area contributed by atoms with Crippen LogP contribution in [-0.2, 0) is 19.9 Å². The molecule has 0 radical (unpaired) electrons. The summed E-state index contributed by atoms with van der Waals surface area (Å²) < 4.78 is 49.8. The van der Waals surface area contributed by atoms with E-state index < -0.39 is 25.9 Å². The molecule has 0 aromatic heterocycles. The molecule has 6 nitrogen and oxygen atoms in total. The average molecular weight is 353 g/mol. The molecule has 118 valence electrons. The molecule has 0 spiro atoms. The average Bonchev–Trinajstić information content (AvgIpc) is 2.31. The van der Waals surface area contributed by atoms with Gasteiger partial charge in [0.05, 0.1) is 27.1 Å². The van der Waals surface area contributed by atoms with Gasteiger partial charge in [-0.3, -0.25) is 0 Å². The highest BCUT2D eigenvalue weighted by Crippen LogP contribution is 2.30. The van der Waals surface area contributed by atoms with Crippen LogP contribution in [0.3, 0.4) is 0 Å². The Balaban J connectivity index is 2.46. The van der Waals surface area contributed by atoms with Crippen molar-refractivity contribution in [3.8, 4) is 0 Å². The molecule has 1 aromatic rings. The van der Waals surface area contributed by atoms with Crippen molar-refractivity contribution in [3.05, 3.63) is 22.7 Å². The Morgan fingerprint density at radius 1 is 1.38 bits per heavy atom. The van der Waals surface area contributed by atoms with Gasteiger partial charge >= 0.3 is 0 Å². The molecular weight excluding hydrogens is 336 g/mol. The smallest absolute Gasteiger partial charge is 0.243 e. The number of aryl methyl sites for hydroxylation is 1. The minimum atomic E-state index is -3.80. The van der Waals surface area contributed by atoms with Crippen LogP contribution in [0.4, 0.5) is 5.69 Å². The van der Waals surface area contributed by atoms with E-state index in [1.54, 1.807) is 13.8 Å². The van der Waals surface area contributed by atoms with Crippen LogP contribution in [0.5, 0.6) is 0 Å². The van der Waals surface area contributed by atoms with Gasteiger partial charge in [-0.25, -0.2) is 16.8 Å². The predicted octanol–water partition coefficient (Wildman–Crippen LogP) is 1.04. The number of nitrogens with two attached hydrogens (primary N) is 1.